The highest BCUT2D eigenvalue weighted by molar-refractivity contribution is 6.14. The highest BCUT2D eigenvalue weighted by Crippen LogP contribution is 2.41. The van der Waals surface area contributed by atoms with Crippen LogP contribution in [0.4, 0.5) is 26.3 Å². The number of aromatic nitrogens is 6. The van der Waals surface area contributed by atoms with Gasteiger partial charge in [-0.15, -0.1) is 0 Å². The van der Waals surface area contributed by atoms with Gasteiger partial charge in [0.2, 0.25) is 5.78 Å². The molecule has 0 aliphatic rings. The van der Waals surface area contributed by atoms with Crippen LogP contribution >= 0.6 is 0 Å². The molecule has 0 saturated carbocycles. The fraction of sp³-hybridized carbons (Fsp3) is 0.293. The molecular weight excluding hydrogens is 766 g/mol. The van der Waals surface area contributed by atoms with E-state index in [1.165, 1.54) is 48.8 Å². The molecule has 0 bridgehead atoms. The molecule has 0 radical (unpaired) electrons. The van der Waals surface area contributed by atoms with Gasteiger partial charge >= 0.3 is 12.4 Å². The first-order chi connectivity index (χ1) is 27.3. The summed E-state index contributed by atoms with van der Waals surface area (Å²) in [6.45, 7) is 2.78. The topological polar surface area (TPSA) is 125 Å². The highest BCUT2D eigenvalue weighted by atomic mass is 19.4. The number of imidazole rings is 2. The van der Waals surface area contributed by atoms with E-state index in [4.69, 9.17) is 0 Å². The van der Waals surface area contributed by atoms with Crippen molar-refractivity contribution in [2.75, 3.05) is 28.2 Å². The van der Waals surface area contributed by atoms with Gasteiger partial charge in [0, 0.05) is 34.6 Å². The first-order valence-electron chi connectivity index (χ1n) is 17.9. The number of carbonyl (C=O) groups excluding carboxylic acids is 1. The maximum Gasteiger partial charge on any atom is 0.416 e. The number of pyridine rings is 2. The lowest BCUT2D eigenvalue weighted by atomic mass is 9.93. The number of hydrogen-bond donors (Lipinski definition) is 2. The minimum atomic E-state index is -4.80. The van der Waals surface area contributed by atoms with E-state index in [0.717, 1.165) is 24.3 Å². The maximum atomic E-state index is 14.9. The second-order valence-corrected chi connectivity index (χ2v) is 14.2. The molecule has 0 saturated heterocycles. The first-order valence-corrected chi connectivity index (χ1v) is 17.9. The van der Waals surface area contributed by atoms with Gasteiger partial charge in [0.15, 0.2) is 0 Å². The summed E-state index contributed by atoms with van der Waals surface area (Å²) in [5, 5.41) is 20.9. The zero-order chi connectivity index (χ0) is 42.3. The van der Waals surface area contributed by atoms with E-state index in [2.05, 4.69) is 19.9 Å². The van der Waals surface area contributed by atoms with Gasteiger partial charge in [-0.25, -0.2) is 9.97 Å². The number of carbonyl (C=O) groups is 1. The standard InChI is InChI=1S/C41H40F6N8O3/c1-23-33(21-56)54(35(50-23)19-52(3)4)31-13-11-25(40(42,43)44)17-29(31)27-9-7-15-48-37(27)39(58)38-28(10-8-16-49-38)30-18-26(41(45,46)47)12-14-32(30)55-34(22-57)24(2)51-36(55)20-53(5)6/h7-18,56-57H,19-22H2,1-6H3. The fourth-order valence-corrected chi connectivity index (χ4v) is 6.93. The van der Waals surface area contributed by atoms with E-state index in [9.17, 15) is 41.4 Å². The van der Waals surface area contributed by atoms with Crippen LogP contribution in [0.15, 0.2) is 73.1 Å². The molecule has 17 heteroatoms. The van der Waals surface area contributed by atoms with Crippen molar-refractivity contribution >= 4 is 5.78 Å². The number of alkyl halides is 6. The van der Waals surface area contributed by atoms with Crippen LogP contribution in [-0.4, -0.2) is 83.1 Å². The number of nitrogens with zero attached hydrogens (tertiary/aromatic N) is 8. The first kappa shape index (κ1) is 41.9. The summed E-state index contributed by atoms with van der Waals surface area (Å²) >= 11 is 0. The van der Waals surface area contributed by atoms with Crippen molar-refractivity contribution in [2.45, 2.75) is 52.5 Å². The zero-order valence-electron chi connectivity index (χ0n) is 32.4. The van der Waals surface area contributed by atoms with E-state index >= 15 is 0 Å². The Balaban J connectivity index is 1.62. The average molecular weight is 807 g/mol. The van der Waals surface area contributed by atoms with E-state index in [-0.39, 0.29) is 58.1 Å². The molecule has 0 fully saturated rings. The lowest BCUT2D eigenvalue weighted by Gasteiger charge is -2.21. The highest BCUT2D eigenvalue weighted by Gasteiger charge is 2.35. The third-order valence-corrected chi connectivity index (χ3v) is 9.46. The van der Waals surface area contributed by atoms with Crippen LogP contribution in [0.25, 0.3) is 33.6 Å². The molecule has 2 aromatic carbocycles. The lowest BCUT2D eigenvalue weighted by Crippen LogP contribution is -2.18. The molecule has 0 amide bonds. The van der Waals surface area contributed by atoms with Crippen LogP contribution in [0.2, 0.25) is 0 Å². The van der Waals surface area contributed by atoms with Crippen molar-refractivity contribution in [2.24, 2.45) is 0 Å². The minimum absolute atomic E-state index is 0.0402. The van der Waals surface area contributed by atoms with Crippen LogP contribution in [-0.2, 0) is 38.7 Å². The Morgan fingerprint density at radius 3 is 1.33 bits per heavy atom. The largest absolute Gasteiger partial charge is 0.416 e. The summed E-state index contributed by atoms with van der Waals surface area (Å²) < 4.78 is 89.3. The number of rotatable bonds is 12. The summed E-state index contributed by atoms with van der Waals surface area (Å²) in [6.07, 6.45) is -7.05. The van der Waals surface area contributed by atoms with Crippen molar-refractivity contribution in [1.29, 1.82) is 0 Å². The zero-order valence-corrected chi connectivity index (χ0v) is 32.4. The van der Waals surface area contributed by atoms with Gasteiger partial charge < -0.3 is 20.0 Å². The average Bonchev–Trinajstić information content (AvgIpc) is 3.65. The van der Waals surface area contributed by atoms with Gasteiger partial charge in [0.05, 0.1) is 71.6 Å². The molecule has 0 aliphatic heterocycles. The predicted molar refractivity (Wildman–Crippen MR) is 203 cm³/mol. The maximum absolute atomic E-state index is 14.9. The van der Waals surface area contributed by atoms with Gasteiger partial charge in [-0.2, -0.15) is 26.3 Å². The van der Waals surface area contributed by atoms with Crippen molar-refractivity contribution < 1.29 is 41.4 Å². The van der Waals surface area contributed by atoms with Crippen molar-refractivity contribution in [1.82, 2.24) is 38.9 Å². The van der Waals surface area contributed by atoms with Gasteiger partial charge in [0.1, 0.15) is 23.0 Å². The Morgan fingerprint density at radius 2 is 1.00 bits per heavy atom. The Labute approximate surface area is 329 Å². The molecule has 4 heterocycles. The molecule has 4 aromatic heterocycles. The minimum Gasteiger partial charge on any atom is -0.390 e. The predicted octanol–water partition coefficient (Wildman–Crippen LogP) is 7.18. The summed E-state index contributed by atoms with van der Waals surface area (Å²) in [5.41, 5.74) is -1.14. The summed E-state index contributed by atoms with van der Waals surface area (Å²) in [4.78, 5) is 36.3. The summed E-state index contributed by atoms with van der Waals surface area (Å²) in [7, 11) is 7.11. The van der Waals surface area contributed by atoms with Crippen LogP contribution in [0.1, 0.15) is 61.7 Å². The normalized spacial score (nSPS) is 12.3. The molecule has 0 spiro atoms. The molecule has 0 atom stereocenters. The number of hydrogen-bond acceptors (Lipinski definition) is 9. The molecule has 58 heavy (non-hydrogen) atoms. The van der Waals surface area contributed by atoms with E-state index in [0.29, 0.717) is 34.4 Å². The third kappa shape index (κ3) is 8.16. The van der Waals surface area contributed by atoms with Gasteiger partial charge in [-0.3, -0.25) is 23.9 Å². The second kappa shape index (κ2) is 16.2. The number of halogens is 6. The Bertz CT molecular complexity index is 2320. The van der Waals surface area contributed by atoms with Crippen molar-refractivity contribution in [3.8, 4) is 33.6 Å². The quantitative estimate of drug-likeness (QED) is 0.0978. The number of aliphatic hydroxyl groups is 2. The molecular formula is C41H40F6N8O3. The number of ketones is 1. The molecule has 2 N–H and O–H groups in total. The van der Waals surface area contributed by atoms with Gasteiger partial charge in [0.25, 0.3) is 0 Å². The lowest BCUT2D eigenvalue weighted by molar-refractivity contribution is -0.138. The van der Waals surface area contributed by atoms with Crippen molar-refractivity contribution in [3.05, 3.63) is 130 Å². The van der Waals surface area contributed by atoms with Gasteiger partial charge in [-0.05, 0) is 90.6 Å². The Kier molecular flexibility index (Phi) is 11.7. The summed E-state index contributed by atoms with van der Waals surface area (Å²) in [5.74, 6) is -0.0913. The van der Waals surface area contributed by atoms with Crippen LogP contribution in [0.5, 0.6) is 0 Å². The second-order valence-electron chi connectivity index (χ2n) is 14.2. The Morgan fingerprint density at radius 1 is 0.621 bits per heavy atom. The smallest absolute Gasteiger partial charge is 0.390 e. The SMILES string of the molecule is Cc1nc(CN(C)C)n(-c2ccc(C(F)(F)F)cc2-c2cccnc2C(=O)c2ncccc2-c2cc(C(F)(F)F)ccc2-n2c(CN(C)C)nc(C)c2CO)c1CO. The van der Waals surface area contributed by atoms with Gasteiger partial charge in [-0.1, -0.05) is 12.1 Å². The van der Waals surface area contributed by atoms with E-state index in [1.807, 2.05) is 0 Å². The van der Waals surface area contributed by atoms with Crippen LogP contribution in [0.3, 0.4) is 0 Å². The Hall–Kier alpha value is -5.75. The molecule has 304 valence electrons. The van der Waals surface area contributed by atoms with Crippen LogP contribution < -0.4 is 0 Å². The number of aryl methyl sites for hydroxylation is 2. The number of benzene rings is 2. The monoisotopic (exact) mass is 806 g/mol. The molecule has 0 aliphatic carbocycles. The molecule has 0 unspecified atom stereocenters. The number of aliphatic hydroxyl groups excluding tert-OH is 2. The van der Waals surface area contributed by atoms with Crippen molar-refractivity contribution in [3.63, 3.8) is 0 Å². The third-order valence-electron chi connectivity index (χ3n) is 9.46. The summed E-state index contributed by atoms with van der Waals surface area (Å²) in [6, 6.07) is 11.7. The molecule has 6 aromatic rings. The van der Waals surface area contributed by atoms with E-state index < -0.39 is 42.5 Å². The van der Waals surface area contributed by atoms with E-state index in [1.54, 1.807) is 61.0 Å². The van der Waals surface area contributed by atoms with Crippen LogP contribution in [0, 0.1) is 13.8 Å². The molecule has 6 rings (SSSR count). The molecule has 11 nitrogen and oxygen atoms in total. The fourth-order valence-electron chi connectivity index (χ4n) is 6.93.